The fraction of sp³-hybridized carbons (Fsp3) is 0.467. The van der Waals surface area contributed by atoms with E-state index in [9.17, 15) is 4.39 Å². The summed E-state index contributed by atoms with van der Waals surface area (Å²) in [5, 5.41) is 3.79. The summed E-state index contributed by atoms with van der Waals surface area (Å²) in [6, 6.07) is 4.95. The van der Waals surface area contributed by atoms with Gasteiger partial charge in [0.2, 0.25) is 0 Å². The van der Waals surface area contributed by atoms with E-state index >= 15 is 0 Å². The Kier molecular flexibility index (Phi) is 9.50. The molecule has 1 fully saturated rings. The van der Waals surface area contributed by atoms with Crippen molar-refractivity contribution in [3.8, 4) is 0 Å². The lowest BCUT2D eigenvalue weighted by atomic mass is 9.98. The normalized spacial score (nSPS) is 16.5. The van der Waals surface area contributed by atoms with Crippen molar-refractivity contribution in [2.24, 2.45) is 0 Å². The third-order valence-corrected chi connectivity index (χ3v) is 3.62. The minimum atomic E-state index is -0.274. The highest BCUT2D eigenvalue weighted by atomic mass is 35.5. The molecule has 1 aromatic rings. The van der Waals surface area contributed by atoms with Gasteiger partial charge in [0.15, 0.2) is 0 Å². The van der Waals surface area contributed by atoms with Crippen LogP contribution in [0.25, 0.3) is 0 Å². The average Bonchev–Trinajstić information content (AvgIpc) is 2.35. The van der Waals surface area contributed by atoms with Gasteiger partial charge in [-0.25, -0.2) is 4.39 Å². The van der Waals surface area contributed by atoms with E-state index in [1.807, 2.05) is 13.0 Å². The molecule has 1 atom stereocenters. The molecule has 0 radical (unpaired) electrons. The summed E-state index contributed by atoms with van der Waals surface area (Å²) in [6.45, 7) is 9.87. The lowest BCUT2D eigenvalue weighted by Crippen LogP contribution is -2.45. The molecule has 6 heteroatoms. The molecule has 0 amide bonds. The fourth-order valence-corrected chi connectivity index (χ4v) is 2.78. The van der Waals surface area contributed by atoms with Crippen LogP contribution in [-0.2, 0) is 0 Å². The Hall–Kier alpha value is -0.320. The Morgan fingerprint density at radius 2 is 1.95 bits per heavy atom. The summed E-state index contributed by atoms with van der Waals surface area (Å²) in [5.74, 6) is -0.274. The first kappa shape index (κ1) is 20.7. The monoisotopic (exact) mass is 354 g/mol. The summed E-state index contributed by atoms with van der Waals surface area (Å²) in [4.78, 5) is 2.37. The smallest absolute Gasteiger partial charge is 0.125 e. The molecule has 0 aliphatic carbocycles. The molecular formula is C15H22Cl3FN2. The first-order valence-corrected chi connectivity index (χ1v) is 6.99. The molecule has 0 aromatic heterocycles. The van der Waals surface area contributed by atoms with Gasteiger partial charge < -0.3 is 5.32 Å². The first-order chi connectivity index (χ1) is 9.06. The third kappa shape index (κ3) is 6.13. The van der Waals surface area contributed by atoms with Crippen LogP contribution in [0.5, 0.6) is 0 Å². The van der Waals surface area contributed by atoms with Crippen molar-refractivity contribution in [2.45, 2.75) is 19.4 Å². The van der Waals surface area contributed by atoms with Crippen LogP contribution in [0.4, 0.5) is 4.39 Å². The van der Waals surface area contributed by atoms with E-state index in [-0.39, 0.29) is 36.7 Å². The number of halogens is 4. The van der Waals surface area contributed by atoms with Crippen LogP contribution in [0.3, 0.4) is 0 Å². The van der Waals surface area contributed by atoms with Crippen molar-refractivity contribution in [2.75, 3.05) is 26.2 Å². The maximum atomic E-state index is 13.6. The molecule has 0 unspecified atom stereocenters. The van der Waals surface area contributed by atoms with Gasteiger partial charge in [0.25, 0.3) is 0 Å². The number of rotatable bonds is 4. The number of hydrogen-bond donors (Lipinski definition) is 1. The molecular weight excluding hydrogens is 334 g/mol. The van der Waals surface area contributed by atoms with E-state index in [1.54, 1.807) is 6.07 Å². The van der Waals surface area contributed by atoms with Crippen LogP contribution in [0.1, 0.15) is 24.9 Å². The van der Waals surface area contributed by atoms with Gasteiger partial charge in [-0.2, -0.15) is 0 Å². The van der Waals surface area contributed by atoms with Crippen molar-refractivity contribution in [3.05, 3.63) is 46.8 Å². The maximum absolute atomic E-state index is 13.6. The molecule has 1 heterocycles. The van der Waals surface area contributed by atoms with E-state index < -0.39 is 0 Å². The Morgan fingerprint density at radius 1 is 1.33 bits per heavy atom. The molecule has 1 aliphatic heterocycles. The summed E-state index contributed by atoms with van der Waals surface area (Å²) in [7, 11) is 0. The summed E-state index contributed by atoms with van der Waals surface area (Å²) in [6.07, 6.45) is 0.833. The second-order valence-electron chi connectivity index (χ2n) is 5.17. The number of piperazine rings is 1. The lowest BCUT2D eigenvalue weighted by Gasteiger charge is -2.35. The van der Waals surface area contributed by atoms with Gasteiger partial charge in [0.05, 0.1) is 0 Å². The summed E-state index contributed by atoms with van der Waals surface area (Å²) < 4.78 is 13.6. The zero-order chi connectivity index (χ0) is 13.8. The first-order valence-electron chi connectivity index (χ1n) is 6.61. The van der Waals surface area contributed by atoms with Crippen LogP contribution in [0.15, 0.2) is 30.4 Å². The summed E-state index contributed by atoms with van der Waals surface area (Å²) in [5.41, 5.74) is 2.04. The Bertz CT molecular complexity index is 442. The molecule has 1 aliphatic rings. The predicted octanol–water partition coefficient (Wildman–Crippen LogP) is 4.24. The molecule has 1 N–H and O–H groups in total. The SMILES string of the molecule is C=C(C)C[C@H](c1cc(F)cc(Cl)c1)N1CCNCC1.Cl.Cl. The van der Waals surface area contributed by atoms with Gasteiger partial charge in [0.1, 0.15) is 5.82 Å². The Morgan fingerprint density at radius 3 is 2.48 bits per heavy atom. The standard InChI is InChI=1S/C15H20ClFN2.2ClH/c1-11(2)7-15(19-5-3-18-4-6-19)12-8-13(16)10-14(17)9-12;;/h8-10,15,18H,1,3-7H2,2H3;2*1H/t15-;;/m1../s1. The van der Waals surface area contributed by atoms with Gasteiger partial charge >= 0.3 is 0 Å². The molecule has 21 heavy (non-hydrogen) atoms. The van der Waals surface area contributed by atoms with Crippen LogP contribution >= 0.6 is 36.4 Å². The Labute approximate surface area is 143 Å². The zero-order valence-electron chi connectivity index (χ0n) is 12.1. The number of nitrogens with zero attached hydrogens (tertiary/aromatic N) is 1. The van der Waals surface area contributed by atoms with Crippen LogP contribution in [0.2, 0.25) is 5.02 Å². The number of nitrogens with one attached hydrogen (secondary N) is 1. The fourth-order valence-electron chi connectivity index (χ4n) is 2.55. The minimum Gasteiger partial charge on any atom is -0.314 e. The molecule has 1 aromatic carbocycles. The van der Waals surface area contributed by atoms with Crippen molar-refractivity contribution in [3.63, 3.8) is 0 Å². The molecule has 2 rings (SSSR count). The molecule has 1 saturated heterocycles. The minimum absolute atomic E-state index is 0. The predicted molar refractivity (Wildman–Crippen MR) is 92.5 cm³/mol. The van der Waals surface area contributed by atoms with Crippen LogP contribution in [-0.4, -0.2) is 31.1 Å². The van der Waals surface area contributed by atoms with Gasteiger partial charge in [0, 0.05) is 37.2 Å². The van der Waals surface area contributed by atoms with Crippen molar-refractivity contribution >= 4 is 36.4 Å². The van der Waals surface area contributed by atoms with Crippen molar-refractivity contribution in [1.82, 2.24) is 10.2 Å². The van der Waals surface area contributed by atoms with Crippen LogP contribution in [0, 0.1) is 5.82 Å². The van der Waals surface area contributed by atoms with Crippen LogP contribution < -0.4 is 5.32 Å². The second-order valence-corrected chi connectivity index (χ2v) is 5.60. The van der Waals surface area contributed by atoms with Gasteiger partial charge in [-0.05, 0) is 37.1 Å². The molecule has 0 saturated carbocycles. The zero-order valence-corrected chi connectivity index (χ0v) is 14.5. The van der Waals surface area contributed by atoms with E-state index in [0.717, 1.165) is 43.7 Å². The van der Waals surface area contributed by atoms with Crippen molar-refractivity contribution < 1.29 is 4.39 Å². The number of benzene rings is 1. The van der Waals surface area contributed by atoms with Gasteiger partial charge in [-0.3, -0.25) is 4.90 Å². The molecule has 2 nitrogen and oxygen atoms in total. The van der Waals surface area contributed by atoms with Gasteiger partial charge in [-0.1, -0.05) is 17.2 Å². The van der Waals surface area contributed by atoms with Gasteiger partial charge in [-0.15, -0.1) is 31.4 Å². The van der Waals surface area contributed by atoms with E-state index in [4.69, 9.17) is 11.6 Å². The summed E-state index contributed by atoms with van der Waals surface area (Å²) >= 11 is 5.98. The quantitative estimate of drug-likeness (QED) is 0.813. The Balaban J connectivity index is 0.00000200. The highest BCUT2D eigenvalue weighted by Crippen LogP contribution is 2.29. The van der Waals surface area contributed by atoms with E-state index in [1.165, 1.54) is 6.07 Å². The van der Waals surface area contributed by atoms with E-state index in [0.29, 0.717) is 5.02 Å². The largest absolute Gasteiger partial charge is 0.314 e. The van der Waals surface area contributed by atoms with Crippen molar-refractivity contribution in [1.29, 1.82) is 0 Å². The third-order valence-electron chi connectivity index (χ3n) is 3.40. The second kappa shape index (κ2) is 9.65. The molecule has 0 spiro atoms. The highest BCUT2D eigenvalue weighted by Gasteiger charge is 2.22. The number of hydrogen-bond acceptors (Lipinski definition) is 2. The lowest BCUT2D eigenvalue weighted by molar-refractivity contribution is 0.172. The average molecular weight is 356 g/mol. The maximum Gasteiger partial charge on any atom is 0.125 e. The topological polar surface area (TPSA) is 15.3 Å². The highest BCUT2D eigenvalue weighted by molar-refractivity contribution is 6.30. The van der Waals surface area contributed by atoms with E-state index in [2.05, 4.69) is 16.8 Å². The molecule has 0 bridgehead atoms. The molecule has 120 valence electrons.